The maximum Gasteiger partial charge on any atom is 0.315 e. The Morgan fingerprint density at radius 3 is 2.71 bits per heavy atom. The fourth-order valence-electron chi connectivity index (χ4n) is 2.67. The number of para-hydroxylation sites is 1. The minimum absolute atomic E-state index is 0.0202. The van der Waals surface area contributed by atoms with E-state index >= 15 is 0 Å². The van der Waals surface area contributed by atoms with Gasteiger partial charge in [-0.05, 0) is 38.3 Å². The number of carbonyl (C=O) groups excluding carboxylic acids is 1. The van der Waals surface area contributed by atoms with Gasteiger partial charge in [-0.15, -0.1) is 0 Å². The lowest BCUT2D eigenvalue weighted by molar-refractivity contribution is 0.219. The van der Waals surface area contributed by atoms with Gasteiger partial charge in [0.1, 0.15) is 12.4 Å². The van der Waals surface area contributed by atoms with Gasteiger partial charge in [0.05, 0.1) is 6.04 Å². The van der Waals surface area contributed by atoms with Crippen molar-refractivity contribution in [3.05, 3.63) is 29.8 Å². The number of hydrogen-bond acceptors (Lipinski definition) is 2. The van der Waals surface area contributed by atoms with Gasteiger partial charge < -0.3 is 15.4 Å². The molecule has 0 aromatic heterocycles. The van der Waals surface area contributed by atoms with E-state index in [1.54, 1.807) is 0 Å². The first-order valence-electron chi connectivity index (χ1n) is 7.90. The number of hydrogen-bond donors (Lipinski definition) is 2. The summed E-state index contributed by atoms with van der Waals surface area (Å²) in [6, 6.07) is 8.14. The van der Waals surface area contributed by atoms with E-state index in [0.29, 0.717) is 12.6 Å². The lowest BCUT2D eigenvalue weighted by Crippen LogP contribution is -2.47. The number of amides is 2. The fraction of sp³-hybridized carbons (Fsp3) is 0.588. The van der Waals surface area contributed by atoms with Gasteiger partial charge in [-0.2, -0.15) is 0 Å². The van der Waals surface area contributed by atoms with Crippen LogP contribution in [0.4, 0.5) is 4.79 Å². The van der Waals surface area contributed by atoms with Crippen molar-refractivity contribution in [2.45, 2.75) is 58.0 Å². The Labute approximate surface area is 127 Å². The second-order valence-corrected chi connectivity index (χ2v) is 5.93. The largest absolute Gasteiger partial charge is 0.491 e. The van der Waals surface area contributed by atoms with E-state index in [1.165, 1.54) is 19.3 Å². The first kappa shape index (κ1) is 15.7. The summed E-state index contributed by atoms with van der Waals surface area (Å²) in [5.41, 5.74) is 1.11. The molecule has 1 aliphatic rings. The molecule has 1 aliphatic carbocycles. The van der Waals surface area contributed by atoms with E-state index in [0.717, 1.165) is 24.2 Å². The highest BCUT2D eigenvalue weighted by molar-refractivity contribution is 5.74. The molecule has 1 aromatic carbocycles. The molecule has 0 aliphatic heterocycles. The zero-order valence-electron chi connectivity index (χ0n) is 13.0. The van der Waals surface area contributed by atoms with E-state index in [2.05, 4.69) is 10.6 Å². The first-order valence-corrected chi connectivity index (χ1v) is 7.90. The van der Waals surface area contributed by atoms with Crippen molar-refractivity contribution in [3.8, 4) is 5.75 Å². The van der Waals surface area contributed by atoms with E-state index < -0.39 is 0 Å². The number of rotatable bonds is 5. The third kappa shape index (κ3) is 5.29. The summed E-state index contributed by atoms with van der Waals surface area (Å²) in [6.07, 6.45) is 5.93. The zero-order valence-corrected chi connectivity index (χ0v) is 13.0. The predicted molar refractivity (Wildman–Crippen MR) is 84.7 cm³/mol. The second kappa shape index (κ2) is 7.91. The molecule has 0 bridgehead atoms. The molecule has 0 heterocycles. The molecule has 0 spiro atoms. The molecule has 2 N–H and O–H groups in total. The quantitative estimate of drug-likeness (QED) is 0.873. The van der Waals surface area contributed by atoms with Crippen LogP contribution in [0.15, 0.2) is 24.3 Å². The molecule has 1 fully saturated rings. The smallest absolute Gasteiger partial charge is 0.315 e. The van der Waals surface area contributed by atoms with Crippen molar-refractivity contribution in [1.82, 2.24) is 10.6 Å². The summed E-state index contributed by atoms with van der Waals surface area (Å²) in [5.74, 6) is 0.874. The van der Waals surface area contributed by atoms with Crippen molar-refractivity contribution in [2.24, 2.45) is 0 Å². The molecule has 2 amide bonds. The summed E-state index contributed by atoms with van der Waals surface area (Å²) in [5, 5.41) is 6.00. The molecule has 0 saturated heterocycles. The summed E-state index contributed by atoms with van der Waals surface area (Å²) in [7, 11) is 0. The normalized spacial score (nSPS) is 17.0. The third-order valence-electron chi connectivity index (χ3n) is 3.90. The Bertz CT molecular complexity index is 456. The monoisotopic (exact) mass is 290 g/mol. The van der Waals surface area contributed by atoms with Crippen LogP contribution in [-0.4, -0.2) is 24.7 Å². The van der Waals surface area contributed by atoms with E-state index in [1.807, 2.05) is 38.1 Å². The lowest BCUT2D eigenvalue weighted by atomic mass is 9.96. The number of aryl methyl sites for hydroxylation is 1. The number of benzene rings is 1. The molecule has 116 valence electrons. The standard InChI is InChI=1S/C17H26N2O2/c1-13-8-6-7-11-16(13)21-12-14(2)18-17(20)19-15-9-4-3-5-10-15/h6-8,11,14-15H,3-5,9-10,12H2,1-2H3,(H2,18,19,20)/t14-/m0/s1. The van der Waals surface area contributed by atoms with E-state index in [4.69, 9.17) is 4.74 Å². The van der Waals surface area contributed by atoms with Crippen molar-refractivity contribution in [3.63, 3.8) is 0 Å². The Morgan fingerprint density at radius 1 is 1.29 bits per heavy atom. The average Bonchev–Trinajstić information content (AvgIpc) is 2.47. The van der Waals surface area contributed by atoms with Gasteiger partial charge in [-0.3, -0.25) is 0 Å². The number of carbonyl (C=O) groups is 1. The van der Waals surface area contributed by atoms with Gasteiger partial charge >= 0.3 is 6.03 Å². The van der Waals surface area contributed by atoms with Crippen LogP contribution in [0.1, 0.15) is 44.6 Å². The first-order chi connectivity index (χ1) is 10.1. The fourth-order valence-corrected chi connectivity index (χ4v) is 2.67. The number of urea groups is 1. The molecule has 1 aromatic rings. The Balaban J connectivity index is 1.70. The highest BCUT2D eigenvalue weighted by Crippen LogP contribution is 2.17. The second-order valence-electron chi connectivity index (χ2n) is 5.93. The van der Waals surface area contributed by atoms with Crippen LogP contribution < -0.4 is 15.4 Å². The van der Waals surface area contributed by atoms with E-state index in [-0.39, 0.29) is 12.1 Å². The van der Waals surface area contributed by atoms with Crippen LogP contribution in [0.5, 0.6) is 5.75 Å². The summed E-state index contributed by atoms with van der Waals surface area (Å²) < 4.78 is 5.75. The van der Waals surface area contributed by atoms with Gasteiger partial charge in [0, 0.05) is 6.04 Å². The van der Waals surface area contributed by atoms with Gasteiger partial charge in [-0.25, -0.2) is 4.79 Å². The molecule has 1 saturated carbocycles. The molecule has 4 heteroatoms. The molecule has 2 rings (SSSR count). The van der Waals surface area contributed by atoms with Gasteiger partial charge in [0.25, 0.3) is 0 Å². The predicted octanol–water partition coefficient (Wildman–Crippen LogP) is 3.39. The Kier molecular flexibility index (Phi) is 5.90. The third-order valence-corrected chi connectivity index (χ3v) is 3.90. The highest BCUT2D eigenvalue weighted by atomic mass is 16.5. The van der Waals surface area contributed by atoms with Crippen LogP contribution >= 0.6 is 0 Å². The molecule has 1 atom stereocenters. The lowest BCUT2D eigenvalue weighted by Gasteiger charge is -2.24. The van der Waals surface area contributed by atoms with Crippen molar-refractivity contribution >= 4 is 6.03 Å². The summed E-state index contributed by atoms with van der Waals surface area (Å²) >= 11 is 0. The van der Waals surface area contributed by atoms with E-state index in [9.17, 15) is 4.79 Å². The van der Waals surface area contributed by atoms with Crippen LogP contribution in [0, 0.1) is 6.92 Å². The van der Waals surface area contributed by atoms with Gasteiger partial charge in [0.2, 0.25) is 0 Å². The minimum Gasteiger partial charge on any atom is -0.491 e. The van der Waals surface area contributed by atoms with Crippen molar-refractivity contribution < 1.29 is 9.53 Å². The van der Waals surface area contributed by atoms with Crippen LogP contribution in [0.2, 0.25) is 0 Å². The maximum atomic E-state index is 11.9. The van der Waals surface area contributed by atoms with Crippen LogP contribution in [-0.2, 0) is 0 Å². The van der Waals surface area contributed by atoms with Crippen molar-refractivity contribution in [1.29, 1.82) is 0 Å². The number of ether oxygens (including phenoxy) is 1. The highest BCUT2D eigenvalue weighted by Gasteiger charge is 2.16. The SMILES string of the molecule is Cc1ccccc1OC[C@H](C)NC(=O)NC1CCCCC1. The summed E-state index contributed by atoms with van der Waals surface area (Å²) in [6.45, 7) is 4.45. The molecule has 4 nitrogen and oxygen atoms in total. The molecular formula is C17H26N2O2. The molecule has 0 radical (unpaired) electrons. The topological polar surface area (TPSA) is 50.4 Å². The Morgan fingerprint density at radius 2 is 2.00 bits per heavy atom. The summed E-state index contributed by atoms with van der Waals surface area (Å²) in [4.78, 5) is 11.9. The molecule has 21 heavy (non-hydrogen) atoms. The minimum atomic E-state index is -0.0808. The zero-order chi connectivity index (χ0) is 15.1. The average molecular weight is 290 g/mol. The van der Waals surface area contributed by atoms with Gasteiger partial charge in [-0.1, -0.05) is 37.5 Å². The molecular weight excluding hydrogens is 264 g/mol. The van der Waals surface area contributed by atoms with Crippen molar-refractivity contribution in [2.75, 3.05) is 6.61 Å². The van der Waals surface area contributed by atoms with Crippen LogP contribution in [0.3, 0.4) is 0 Å². The van der Waals surface area contributed by atoms with Gasteiger partial charge in [0.15, 0.2) is 0 Å². The van der Waals surface area contributed by atoms with Crippen LogP contribution in [0.25, 0.3) is 0 Å². The maximum absolute atomic E-state index is 11.9. The molecule has 0 unspecified atom stereocenters. The number of nitrogens with one attached hydrogen (secondary N) is 2. The Hall–Kier alpha value is -1.71.